The summed E-state index contributed by atoms with van der Waals surface area (Å²) >= 11 is 0. The second-order valence-corrected chi connectivity index (χ2v) is 5.48. The predicted octanol–water partition coefficient (Wildman–Crippen LogP) is 1.24. The first-order valence-electron chi connectivity index (χ1n) is 7.64. The van der Waals surface area contributed by atoms with Gasteiger partial charge in [0.15, 0.2) is 0 Å². The molecule has 1 aromatic rings. The third kappa shape index (κ3) is 5.00. The average Bonchev–Trinajstić information content (AvgIpc) is 3.04. The molecule has 1 aliphatic rings. The van der Waals surface area contributed by atoms with Gasteiger partial charge in [-0.25, -0.2) is 0 Å². The zero-order valence-corrected chi connectivity index (χ0v) is 12.5. The quantitative estimate of drug-likeness (QED) is 0.692. The van der Waals surface area contributed by atoms with Gasteiger partial charge in [-0.05, 0) is 24.5 Å². The van der Waals surface area contributed by atoms with Crippen LogP contribution >= 0.6 is 0 Å². The highest BCUT2D eigenvalue weighted by atomic mass is 16.3. The maximum absolute atomic E-state index is 12.0. The van der Waals surface area contributed by atoms with E-state index in [-0.39, 0.29) is 11.9 Å². The minimum atomic E-state index is -0.909. The molecule has 1 aliphatic carbocycles. The van der Waals surface area contributed by atoms with Crippen molar-refractivity contribution in [2.24, 2.45) is 0 Å². The van der Waals surface area contributed by atoms with Crippen molar-refractivity contribution in [2.45, 2.75) is 37.8 Å². The van der Waals surface area contributed by atoms with Gasteiger partial charge in [0.2, 0.25) is 11.8 Å². The summed E-state index contributed by atoms with van der Waals surface area (Å²) in [5.74, 6) is -0.722. The summed E-state index contributed by atoms with van der Waals surface area (Å²) in [5.41, 5.74) is 0.897. The first-order valence-corrected chi connectivity index (χ1v) is 7.64. The summed E-state index contributed by atoms with van der Waals surface area (Å²) in [6.45, 7) is -0.413. The molecule has 1 saturated carbocycles. The van der Waals surface area contributed by atoms with Crippen molar-refractivity contribution >= 4 is 17.9 Å². The number of amides is 2. The Kier molecular flexibility index (Phi) is 6.15. The van der Waals surface area contributed by atoms with Gasteiger partial charge in [0.1, 0.15) is 6.04 Å². The Labute approximate surface area is 130 Å². The van der Waals surface area contributed by atoms with Gasteiger partial charge in [0, 0.05) is 12.1 Å². The zero-order valence-electron chi connectivity index (χ0n) is 12.5. The Bertz CT molecular complexity index is 522. The molecule has 2 rings (SSSR count). The fourth-order valence-electron chi connectivity index (χ4n) is 2.52. The van der Waals surface area contributed by atoms with Crippen molar-refractivity contribution in [3.63, 3.8) is 0 Å². The number of carbonyl (C=O) groups is 2. The van der Waals surface area contributed by atoms with E-state index in [1.807, 2.05) is 30.3 Å². The second kappa shape index (κ2) is 8.34. The van der Waals surface area contributed by atoms with Gasteiger partial charge < -0.3 is 15.7 Å². The molecule has 1 atom stereocenters. The highest BCUT2D eigenvalue weighted by Crippen LogP contribution is 2.17. The number of nitrogens with one attached hydrogen (secondary N) is 2. The molecule has 3 N–H and O–H groups in total. The van der Waals surface area contributed by atoms with Crippen molar-refractivity contribution in [3.8, 4) is 0 Å². The molecule has 1 fully saturated rings. The van der Waals surface area contributed by atoms with Crippen LogP contribution in [0.3, 0.4) is 0 Å². The molecule has 22 heavy (non-hydrogen) atoms. The lowest BCUT2D eigenvalue weighted by Crippen LogP contribution is -2.50. The van der Waals surface area contributed by atoms with Crippen LogP contribution in [0.5, 0.6) is 0 Å². The maximum Gasteiger partial charge on any atom is 0.245 e. The van der Waals surface area contributed by atoms with Gasteiger partial charge >= 0.3 is 0 Å². The maximum atomic E-state index is 12.0. The summed E-state index contributed by atoms with van der Waals surface area (Å²) in [4.78, 5) is 23.9. The van der Waals surface area contributed by atoms with Gasteiger partial charge in [-0.2, -0.15) is 0 Å². The summed E-state index contributed by atoms with van der Waals surface area (Å²) in [7, 11) is 0. The Morgan fingerprint density at radius 2 is 1.91 bits per heavy atom. The molecule has 2 amide bonds. The molecule has 0 heterocycles. The fourth-order valence-corrected chi connectivity index (χ4v) is 2.52. The normalized spacial score (nSPS) is 16.6. The molecule has 0 aromatic heterocycles. The van der Waals surface area contributed by atoms with Crippen LogP contribution in [-0.4, -0.2) is 35.6 Å². The van der Waals surface area contributed by atoms with E-state index in [4.69, 9.17) is 0 Å². The van der Waals surface area contributed by atoms with Crippen LogP contribution in [0.2, 0.25) is 0 Å². The Morgan fingerprint density at radius 1 is 1.23 bits per heavy atom. The summed E-state index contributed by atoms with van der Waals surface area (Å²) < 4.78 is 0. The van der Waals surface area contributed by atoms with E-state index in [1.54, 1.807) is 6.08 Å². The first-order chi connectivity index (χ1) is 10.7. The molecule has 118 valence electrons. The van der Waals surface area contributed by atoms with E-state index in [9.17, 15) is 14.7 Å². The Hall–Kier alpha value is -2.14. The Balaban J connectivity index is 1.84. The molecule has 5 nitrogen and oxygen atoms in total. The first kappa shape index (κ1) is 16.2. The lowest BCUT2D eigenvalue weighted by Gasteiger charge is -2.18. The lowest BCUT2D eigenvalue weighted by atomic mass is 10.2. The summed E-state index contributed by atoms with van der Waals surface area (Å²) in [6.07, 6.45) is 7.18. The molecule has 1 aromatic carbocycles. The number of carbonyl (C=O) groups excluding carboxylic acids is 2. The molecule has 0 saturated heterocycles. The van der Waals surface area contributed by atoms with E-state index in [2.05, 4.69) is 10.6 Å². The third-order valence-corrected chi connectivity index (χ3v) is 3.74. The molecule has 0 bridgehead atoms. The second-order valence-electron chi connectivity index (χ2n) is 5.48. The molecular weight excluding hydrogens is 280 g/mol. The third-order valence-electron chi connectivity index (χ3n) is 3.74. The summed E-state index contributed by atoms with van der Waals surface area (Å²) in [5, 5.41) is 14.7. The van der Waals surface area contributed by atoms with Crippen molar-refractivity contribution in [2.75, 3.05) is 6.61 Å². The molecule has 5 heteroatoms. The van der Waals surface area contributed by atoms with Crippen molar-refractivity contribution in [1.29, 1.82) is 0 Å². The van der Waals surface area contributed by atoms with E-state index >= 15 is 0 Å². The van der Waals surface area contributed by atoms with Crippen LogP contribution in [0.15, 0.2) is 36.4 Å². The average molecular weight is 302 g/mol. The number of aliphatic hydroxyl groups is 1. The standard InChI is InChI=1S/C17H22N2O3/c20-12-15(17(22)18-14-8-4-5-9-14)19-16(21)11-10-13-6-2-1-3-7-13/h1-3,6-7,10-11,14-15,20H,4-5,8-9,12H2,(H,18,22)(H,19,21)/t15-/m0/s1. The van der Waals surface area contributed by atoms with Gasteiger partial charge in [-0.3, -0.25) is 9.59 Å². The minimum Gasteiger partial charge on any atom is -0.394 e. The number of benzene rings is 1. The fraction of sp³-hybridized carbons (Fsp3) is 0.412. The van der Waals surface area contributed by atoms with E-state index in [1.165, 1.54) is 6.08 Å². The monoisotopic (exact) mass is 302 g/mol. The zero-order chi connectivity index (χ0) is 15.8. The van der Waals surface area contributed by atoms with Gasteiger partial charge in [0.05, 0.1) is 6.61 Å². The van der Waals surface area contributed by atoms with Crippen LogP contribution in [0, 0.1) is 0 Å². The molecule has 0 spiro atoms. The van der Waals surface area contributed by atoms with Gasteiger partial charge in [0.25, 0.3) is 0 Å². The van der Waals surface area contributed by atoms with Crippen LogP contribution in [0.25, 0.3) is 6.08 Å². The largest absolute Gasteiger partial charge is 0.394 e. The highest BCUT2D eigenvalue weighted by molar-refractivity contribution is 5.95. The smallest absolute Gasteiger partial charge is 0.245 e. The number of hydrogen-bond acceptors (Lipinski definition) is 3. The molecular formula is C17H22N2O3. The molecule has 0 aliphatic heterocycles. The van der Waals surface area contributed by atoms with E-state index in [0.717, 1.165) is 31.2 Å². The van der Waals surface area contributed by atoms with Crippen LogP contribution in [0.1, 0.15) is 31.2 Å². The van der Waals surface area contributed by atoms with Gasteiger partial charge in [-0.15, -0.1) is 0 Å². The van der Waals surface area contributed by atoms with Crippen LogP contribution < -0.4 is 10.6 Å². The number of rotatable bonds is 6. The minimum absolute atomic E-state index is 0.165. The van der Waals surface area contributed by atoms with E-state index < -0.39 is 18.6 Å². The Morgan fingerprint density at radius 3 is 2.55 bits per heavy atom. The highest BCUT2D eigenvalue weighted by Gasteiger charge is 2.23. The lowest BCUT2D eigenvalue weighted by molar-refractivity contribution is -0.128. The van der Waals surface area contributed by atoms with E-state index in [0.29, 0.717) is 0 Å². The van der Waals surface area contributed by atoms with Crippen molar-refractivity contribution in [3.05, 3.63) is 42.0 Å². The number of aliphatic hydroxyl groups excluding tert-OH is 1. The summed E-state index contributed by atoms with van der Waals surface area (Å²) in [6, 6.07) is 8.66. The molecule has 0 unspecified atom stereocenters. The SMILES string of the molecule is O=C(C=Cc1ccccc1)N[C@@H](CO)C(=O)NC1CCCC1. The number of hydrogen-bond donors (Lipinski definition) is 3. The van der Waals surface area contributed by atoms with Crippen molar-refractivity contribution < 1.29 is 14.7 Å². The predicted molar refractivity (Wildman–Crippen MR) is 84.9 cm³/mol. The van der Waals surface area contributed by atoms with Crippen molar-refractivity contribution in [1.82, 2.24) is 10.6 Å². The van der Waals surface area contributed by atoms with Crippen LogP contribution in [-0.2, 0) is 9.59 Å². The topological polar surface area (TPSA) is 78.4 Å². The molecule has 0 radical (unpaired) electrons. The van der Waals surface area contributed by atoms with Crippen LogP contribution in [0.4, 0.5) is 0 Å². The van der Waals surface area contributed by atoms with Gasteiger partial charge in [-0.1, -0.05) is 43.2 Å².